The fourth-order valence-corrected chi connectivity index (χ4v) is 3.32. The summed E-state index contributed by atoms with van der Waals surface area (Å²) in [7, 11) is 0. The first-order chi connectivity index (χ1) is 13.9. The second-order valence-corrected chi connectivity index (χ2v) is 7.15. The maximum Gasteiger partial charge on any atom is 0.258 e. The highest BCUT2D eigenvalue weighted by molar-refractivity contribution is 5.77. The predicted octanol–water partition coefficient (Wildman–Crippen LogP) is 3.01. The Bertz CT molecular complexity index is 885. The molecule has 1 saturated heterocycles. The van der Waals surface area contributed by atoms with Crippen molar-refractivity contribution in [3.63, 3.8) is 0 Å². The van der Waals surface area contributed by atoms with Gasteiger partial charge in [0.25, 0.3) is 5.91 Å². The Morgan fingerprint density at radius 2 is 1.93 bits per heavy atom. The number of amides is 1. The first-order valence-corrected chi connectivity index (χ1v) is 9.53. The maximum absolute atomic E-state index is 14.6. The van der Waals surface area contributed by atoms with Gasteiger partial charge in [0.1, 0.15) is 11.6 Å². The van der Waals surface area contributed by atoms with E-state index in [9.17, 15) is 9.18 Å². The van der Waals surface area contributed by atoms with Crippen molar-refractivity contribution in [3.05, 3.63) is 59.4 Å². The van der Waals surface area contributed by atoms with Crippen LogP contribution in [0.1, 0.15) is 25.0 Å². The summed E-state index contributed by atoms with van der Waals surface area (Å²) in [6.07, 6.45) is 0.0986. The maximum atomic E-state index is 14.6. The lowest BCUT2D eigenvalue weighted by Gasteiger charge is -2.37. The molecule has 152 valence electrons. The van der Waals surface area contributed by atoms with Gasteiger partial charge in [0.15, 0.2) is 6.61 Å². The number of hydrogen-bond donors (Lipinski definition) is 1. The molecule has 1 heterocycles. The number of rotatable bonds is 6. The predicted molar refractivity (Wildman–Crippen MR) is 107 cm³/mol. The summed E-state index contributed by atoms with van der Waals surface area (Å²) >= 11 is 0. The zero-order chi connectivity index (χ0) is 20.8. The minimum Gasteiger partial charge on any atom is -0.484 e. The van der Waals surface area contributed by atoms with Crippen LogP contribution in [0.5, 0.6) is 5.75 Å². The monoisotopic (exact) mass is 397 g/mol. The third-order valence-corrected chi connectivity index (χ3v) is 4.62. The molecule has 1 aliphatic heterocycles. The first-order valence-electron chi connectivity index (χ1n) is 9.53. The average Bonchev–Trinajstić information content (AvgIpc) is 2.70. The molecule has 2 aromatic rings. The third-order valence-electron chi connectivity index (χ3n) is 4.62. The van der Waals surface area contributed by atoms with Gasteiger partial charge in [-0.15, -0.1) is 0 Å². The van der Waals surface area contributed by atoms with E-state index in [1.807, 2.05) is 30.9 Å². The number of benzene rings is 2. The Labute approximate surface area is 169 Å². The Morgan fingerprint density at radius 1 is 1.24 bits per heavy atom. The summed E-state index contributed by atoms with van der Waals surface area (Å²) in [6, 6.07) is 13.5. The molecule has 6 nitrogen and oxygen atoms in total. The number of carbonyl (C=O) groups excluding carboxylic acids is 1. The summed E-state index contributed by atoms with van der Waals surface area (Å²) in [5.41, 5.74) is 1.74. The molecule has 2 unspecified atom stereocenters. The number of nitrogens with zero attached hydrogens (tertiary/aromatic N) is 2. The van der Waals surface area contributed by atoms with Crippen molar-refractivity contribution in [1.82, 2.24) is 5.32 Å². The molecule has 2 atom stereocenters. The molecular weight excluding hydrogens is 373 g/mol. The number of morpholine rings is 1. The smallest absolute Gasteiger partial charge is 0.258 e. The summed E-state index contributed by atoms with van der Waals surface area (Å²) in [5, 5.41) is 11.5. The van der Waals surface area contributed by atoms with E-state index in [4.69, 9.17) is 14.7 Å². The highest BCUT2D eigenvalue weighted by Gasteiger charge is 2.24. The van der Waals surface area contributed by atoms with Crippen molar-refractivity contribution in [2.75, 3.05) is 24.6 Å². The van der Waals surface area contributed by atoms with Crippen LogP contribution < -0.4 is 15.0 Å². The Morgan fingerprint density at radius 3 is 2.55 bits per heavy atom. The minimum absolute atomic E-state index is 0.0493. The van der Waals surface area contributed by atoms with Gasteiger partial charge in [-0.05, 0) is 55.8 Å². The number of halogens is 1. The van der Waals surface area contributed by atoms with Gasteiger partial charge in [0, 0.05) is 19.6 Å². The van der Waals surface area contributed by atoms with Gasteiger partial charge < -0.3 is 19.7 Å². The molecule has 1 N–H and O–H groups in total. The van der Waals surface area contributed by atoms with Gasteiger partial charge in [0.2, 0.25) is 0 Å². The molecule has 0 aliphatic carbocycles. The summed E-state index contributed by atoms with van der Waals surface area (Å²) < 4.78 is 25.7. The van der Waals surface area contributed by atoms with Crippen molar-refractivity contribution in [2.45, 2.75) is 32.6 Å². The molecule has 7 heteroatoms. The molecule has 0 spiro atoms. The van der Waals surface area contributed by atoms with E-state index in [-0.39, 0.29) is 37.1 Å². The van der Waals surface area contributed by atoms with E-state index >= 15 is 0 Å². The quantitative estimate of drug-likeness (QED) is 0.811. The van der Waals surface area contributed by atoms with Crippen LogP contribution in [0.25, 0.3) is 0 Å². The highest BCUT2D eigenvalue weighted by Crippen LogP contribution is 2.24. The highest BCUT2D eigenvalue weighted by atomic mass is 19.1. The minimum atomic E-state index is -0.313. The second kappa shape index (κ2) is 9.39. The largest absolute Gasteiger partial charge is 0.484 e. The first kappa shape index (κ1) is 20.6. The molecule has 0 bridgehead atoms. The van der Waals surface area contributed by atoms with E-state index in [1.165, 1.54) is 6.07 Å². The average molecular weight is 397 g/mol. The third kappa shape index (κ3) is 5.69. The van der Waals surface area contributed by atoms with Crippen molar-refractivity contribution < 1.29 is 18.7 Å². The molecule has 2 aromatic carbocycles. The SMILES string of the molecule is CC1CN(c2ccc(CNC(=O)COc3ccc(C#N)cc3)cc2F)CC(C)O1. The second-order valence-electron chi connectivity index (χ2n) is 7.15. The van der Waals surface area contributed by atoms with E-state index < -0.39 is 0 Å². The molecule has 0 aromatic heterocycles. The summed E-state index contributed by atoms with van der Waals surface area (Å²) in [6.45, 7) is 5.29. The fraction of sp³-hybridized carbons (Fsp3) is 0.364. The molecular formula is C22H24FN3O3. The van der Waals surface area contributed by atoms with Crippen LogP contribution in [0.3, 0.4) is 0 Å². The number of ether oxygens (including phenoxy) is 2. The van der Waals surface area contributed by atoms with Crippen molar-refractivity contribution >= 4 is 11.6 Å². The lowest BCUT2D eigenvalue weighted by Crippen LogP contribution is -2.45. The number of hydrogen-bond acceptors (Lipinski definition) is 5. The molecule has 1 aliphatic rings. The number of nitriles is 1. The summed E-state index contributed by atoms with van der Waals surface area (Å²) in [4.78, 5) is 14.0. The van der Waals surface area contributed by atoms with E-state index in [0.29, 0.717) is 35.7 Å². The Kier molecular flexibility index (Phi) is 6.68. The van der Waals surface area contributed by atoms with Crippen LogP contribution in [-0.4, -0.2) is 37.8 Å². The van der Waals surface area contributed by atoms with Gasteiger partial charge in [-0.1, -0.05) is 6.07 Å². The standard InChI is InChI=1S/C22H24FN3O3/c1-15-12-26(13-16(2)29-15)21-8-5-18(9-20(21)23)11-25-22(27)14-28-19-6-3-17(10-24)4-7-19/h3-9,15-16H,11-14H2,1-2H3,(H,25,27). The zero-order valence-electron chi connectivity index (χ0n) is 16.5. The number of nitrogens with one attached hydrogen (secondary N) is 1. The van der Waals surface area contributed by atoms with Gasteiger partial charge in [-0.2, -0.15) is 5.26 Å². The van der Waals surface area contributed by atoms with E-state index in [1.54, 1.807) is 30.3 Å². The zero-order valence-corrected chi connectivity index (χ0v) is 16.5. The van der Waals surface area contributed by atoms with Crippen LogP contribution in [-0.2, 0) is 16.1 Å². The van der Waals surface area contributed by atoms with E-state index in [2.05, 4.69) is 5.32 Å². The van der Waals surface area contributed by atoms with Crippen LogP contribution in [0, 0.1) is 17.1 Å². The topological polar surface area (TPSA) is 74.6 Å². The van der Waals surface area contributed by atoms with Crippen LogP contribution in [0.15, 0.2) is 42.5 Å². The molecule has 1 amide bonds. The Hall–Kier alpha value is -3.11. The lowest BCUT2D eigenvalue weighted by atomic mass is 10.1. The Balaban J connectivity index is 1.50. The van der Waals surface area contributed by atoms with Crippen LogP contribution in [0.2, 0.25) is 0 Å². The molecule has 1 fully saturated rings. The van der Waals surface area contributed by atoms with Crippen LogP contribution in [0.4, 0.5) is 10.1 Å². The molecule has 0 saturated carbocycles. The van der Waals surface area contributed by atoms with Crippen molar-refractivity contribution in [2.24, 2.45) is 0 Å². The fourth-order valence-electron chi connectivity index (χ4n) is 3.32. The van der Waals surface area contributed by atoms with Crippen molar-refractivity contribution in [3.8, 4) is 11.8 Å². The number of anilines is 1. The van der Waals surface area contributed by atoms with Gasteiger partial charge in [-0.25, -0.2) is 4.39 Å². The van der Waals surface area contributed by atoms with E-state index in [0.717, 1.165) is 0 Å². The van der Waals surface area contributed by atoms with Crippen LogP contribution >= 0.6 is 0 Å². The van der Waals surface area contributed by atoms with Gasteiger partial charge >= 0.3 is 0 Å². The molecule has 0 radical (unpaired) electrons. The van der Waals surface area contributed by atoms with Gasteiger partial charge in [0.05, 0.1) is 29.5 Å². The molecule has 29 heavy (non-hydrogen) atoms. The summed E-state index contributed by atoms with van der Waals surface area (Å²) in [5.74, 6) is -0.120. The number of carbonyl (C=O) groups is 1. The normalized spacial score (nSPS) is 18.8. The molecule has 3 rings (SSSR count). The van der Waals surface area contributed by atoms with Gasteiger partial charge in [-0.3, -0.25) is 4.79 Å². The van der Waals surface area contributed by atoms with Crippen molar-refractivity contribution in [1.29, 1.82) is 5.26 Å². The lowest BCUT2D eigenvalue weighted by molar-refractivity contribution is -0.123.